The Morgan fingerprint density at radius 2 is 1.63 bits per heavy atom. The van der Waals surface area contributed by atoms with E-state index in [2.05, 4.69) is 35.4 Å². The van der Waals surface area contributed by atoms with E-state index in [0.29, 0.717) is 0 Å². The van der Waals surface area contributed by atoms with Gasteiger partial charge < -0.3 is 5.32 Å². The maximum atomic E-state index is 13.2. The number of nitrogens with zero attached hydrogens (tertiary/aromatic N) is 2. The minimum absolute atomic E-state index is 0.0813. The second-order valence-electron chi connectivity index (χ2n) is 6.77. The quantitative estimate of drug-likeness (QED) is 0.757. The number of pyridine rings is 1. The van der Waals surface area contributed by atoms with Gasteiger partial charge in [0.15, 0.2) is 11.5 Å². The standard InChI is InChI=1S/C22H20N4O/c1-15-5-3-6-16(13-15)17-7-4-8-19(14-17)22(18-9-11-24-12-10-18)20(27)26(2)21(23)25-22/h3-14H,1-2H3,(H2,23,25). The molecule has 0 radical (unpaired) electrons. The number of aryl methyl sites for hydroxylation is 1. The van der Waals surface area contributed by atoms with Gasteiger partial charge in [0, 0.05) is 19.4 Å². The second kappa shape index (κ2) is 6.36. The van der Waals surface area contributed by atoms with Gasteiger partial charge in [0.05, 0.1) is 0 Å². The Kier molecular flexibility index (Phi) is 4.00. The molecule has 0 bridgehead atoms. The molecule has 1 saturated heterocycles. The van der Waals surface area contributed by atoms with E-state index in [0.717, 1.165) is 22.3 Å². The second-order valence-corrected chi connectivity index (χ2v) is 6.77. The third-order valence-corrected chi connectivity index (χ3v) is 5.03. The number of nitrogens with one attached hydrogen (secondary N) is 2. The molecule has 4 rings (SSSR count). The van der Waals surface area contributed by atoms with Crippen LogP contribution in [-0.4, -0.2) is 28.8 Å². The molecule has 3 aromatic rings. The fraction of sp³-hybridized carbons (Fsp3) is 0.136. The van der Waals surface area contributed by atoms with Crippen molar-refractivity contribution in [1.29, 1.82) is 5.41 Å². The minimum Gasteiger partial charge on any atom is -0.334 e. The molecule has 0 saturated carbocycles. The summed E-state index contributed by atoms with van der Waals surface area (Å²) in [6, 6.07) is 19.8. The van der Waals surface area contributed by atoms with Crippen molar-refractivity contribution in [3.63, 3.8) is 0 Å². The van der Waals surface area contributed by atoms with Crippen LogP contribution in [0.2, 0.25) is 0 Å². The number of hydrogen-bond donors (Lipinski definition) is 2. The van der Waals surface area contributed by atoms with Gasteiger partial charge in [-0.25, -0.2) is 0 Å². The van der Waals surface area contributed by atoms with Crippen LogP contribution in [0.25, 0.3) is 11.1 Å². The van der Waals surface area contributed by atoms with Crippen molar-refractivity contribution in [3.05, 3.63) is 89.7 Å². The van der Waals surface area contributed by atoms with Crippen molar-refractivity contribution >= 4 is 11.9 Å². The Labute approximate surface area is 158 Å². The third-order valence-electron chi connectivity index (χ3n) is 5.03. The number of carbonyl (C=O) groups is 1. The van der Waals surface area contributed by atoms with Crippen LogP contribution in [0.1, 0.15) is 16.7 Å². The fourth-order valence-corrected chi connectivity index (χ4v) is 3.58. The number of amides is 1. The Morgan fingerprint density at radius 3 is 2.26 bits per heavy atom. The van der Waals surface area contributed by atoms with E-state index in [9.17, 15) is 4.79 Å². The van der Waals surface area contributed by atoms with Gasteiger partial charge in [-0.1, -0.05) is 48.0 Å². The van der Waals surface area contributed by atoms with E-state index >= 15 is 0 Å². The fourth-order valence-electron chi connectivity index (χ4n) is 3.58. The van der Waals surface area contributed by atoms with Crippen LogP contribution in [0.5, 0.6) is 0 Å². The molecule has 1 amide bonds. The molecule has 2 N–H and O–H groups in total. The molecule has 5 heteroatoms. The zero-order valence-electron chi connectivity index (χ0n) is 15.2. The predicted molar refractivity (Wildman–Crippen MR) is 105 cm³/mol. The molecule has 5 nitrogen and oxygen atoms in total. The summed E-state index contributed by atoms with van der Waals surface area (Å²) >= 11 is 0. The molecule has 27 heavy (non-hydrogen) atoms. The van der Waals surface area contributed by atoms with E-state index < -0.39 is 5.54 Å². The first-order chi connectivity index (χ1) is 13.0. The van der Waals surface area contributed by atoms with E-state index in [1.165, 1.54) is 10.5 Å². The Balaban J connectivity index is 1.91. The van der Waals surface area contributed by atoms with Crippen LogP contribution in [0.4, 0.5) is 0 Å². The first-order valence-electron chi connectivity index (χ1n) is 8.75. The molecule has 1 unspecified atom stereocenters. The van der Waals surface area contributed by atoms with Gasteiger partial charge >= 0.3 is 0 Å². The van der Waals surface area contributed by atoms with Crippen molar-refractivity contribution in [2.75, 3.05) is 7.05 Å². The summed E-state index contributed by atoms with van der Waals surface area (Å²) < 4.78 is 0. The zero-order valence-corrected chi connectivity index (χ0v) is 15.2. The van der Waals surface area contributed by atoms with Crippen LogP contribution < -0.4 is 5.32 Å². The number of benzene rings is 2. The van der Waals surface area contributed by atoms with Gasteiger partial charge in [0.25, 0.3) is 5.91 Å². The maximum absolute atomic E-state index is 13.2. The number of guanidine groups is 1. The molecule has 1 aromatic heterocycles. The average Bonchev–Trinajstić information content (AvgIpc) is 2.94. The largest absolute Gasteiger partial charge is 0.334 e. The summed E-state index contributed by atoms with van der Waals surface area (Å²) in [5.41, 5.74) is 3.73. The van der Waals surface area contributed by atoms with E-state index in [1.54, 1.807) is 19.4 Å². The maximum Gasteiger partial charge on any atom is 0.264 e. The van der Waals surface area contributed by atoms with Gasteiger partial charge in [0.2, 0.25) is 0 Å². The number of carbonyl (C=O) groups excluding carboxylic acids is 1. The topological polar surface area (TPSA) is 69.1 Å². The SMILES string of the molecule is Cc1cccc(-c2cccc(C3(c4ccncc4)NC(=N)N(C)C3=O)c2)c1. The highest BCUT2D eigenvalue weighted by molar-refractivity contribution is 6.10. The van der Waals surface area contributed by atoms with Crippen molar-refractivity contribution in [1.82, 2.24) is 15.2 Å². The van der Waals surface area contributed by atoms with Crippen molar-refractivity contribution in [2.45, 2.75) is 12.5 Å². The molecular formula is C22H20N4O. The van der Waals surface area contributed by atoms with Gasteiger partial charge in [-0.3, -0.25) is 20.1 Å². The van der Waals surface area contributed by atoms with Crippen LogP contribution in [-0.2, 0) is 10.3 Å². The van der Waals surface area contributed by atoms with E-state index in [1.807, 2.05) is 42.5 Å². The molecule has 0 aliphatic carbocycles. The highest BCUT2D eigenvalue weighted by Crippen LogP contribution is 2.36. The normalized spacial score (nSPS) is 19.3. The van der Waals surface area contributed by atoms with Gasteiger partial charge in [-0.15, -0.1) is 0 Å². The molecular weight excluding hydrogens is 336 g/mol. The zero-order chi connectivity index (χ0) is 19.0. The van der Waals surface area contributed by atoms with E-state index in [4.69, 9.17) is 5.41 Å². The number of aromatic nitrogens is 1. The van der Waals surface area contributed by atoms with Gasteiger partial charge in [0.1, 0.15) is 0 Å². The molecule has 0 spiro atoms. The van der Waals surface area contributed by atoms with Crippen molar-refractivity contribution < 1.29 is 4.79 Å². The Morgan fingerprint density at radius 1 is 0.963 bits per heavy atom. The molecule has 2 heterocycles. The number of likely N-dealkylation sites (N-methyl/N-ethyl adjacent to an activating group) is 1. The monoisotopic (exact) mass is 356 g/mol. The average molecular weight is 356 g/mol. The summed E-state index contributed by atoms with van der Waals surface area (Å²) in [4.78, 5) is 18.7. The molecule has 1 atom stereocenters. The van der Waals surface area contributed by atoms with E-state index in [-0.39, 0.29) is 11.9 Å². The first kappa shape index (κ1) is 17.0. The van der Waals surface area contributed by atoms with Crippen LogP contribution in [0.15, 0.2) is 73.1 Å². The summed E-state index contributed by atoms with van der Waals surface area (Å²) in [7, 11) is 1.62. The molecule has 1 fully saturated rings. The lowest BCUT2D eigenvalue weighted by Crippen LogP contribution is -2.45. The summed E-state index contributed by atoms with van der Waals surface area (Å²) in [6.45, 7) is 2.06. The van der Waals surface area contributed by atoms with Crippen LogP contribution >= 0.6 is 0 Å². The Hall–Kier alpha value is -3.47. The lowest BCUT2D eigenvalue weighted by atomic mass is 9.82. The molecule has 1 aliphatic rings. The van der Waals surface area contributed by atoms with Crippen molar-refractivity contribution in [3.8, 4) is 11.1 Å². The molecule has 2 aromatic carbocycles. The first-order valence-corrected chi connectivity index (χ1v) is 8.75. The molecule has 1 aliphatic heterocycles. The predicted octanol–water partition coefficient (Wildman–Crippen LogP) is 3.30. The summed E-state index contributed by atoms with van der Waals surface area (Å²) in [5.74, 6) is -0.0992. The van der Waals surface area contributed by atoms with Crippen LogP contribution in [0, 0.1) is 12.3 Å². The highest BCUT2D eigenvalue weighted by Gasteiger charge is 2.51. The highest BCUT2D eigenvalue weighted by atomic mass is 16.2. The number of hydrogen-bond acceptors (Lipinski definition) is 3. The lowest BCUT2D eigenvalue weighted by Gasteiger charge is -2.28. The van der Waals surface area contributed by atoms with Crippen molar-refractivity contribution in [2.24, 2.45) is 0 Å². The smallest absolute Gasteiger partial charge is 0.264 e. The lowest BCUT2D eigenvalue weighted by molar-refractivity contribution is -0.129. The summed E-state index contributed by atoms with van der Waals surface area (Å²) in [5, 5.41) is 11.3. The Bertz CT molecular complexity index is 1030. The molecule has 134 valence electrons. The van der Waals surface area contributed by atoms with Gasteiger partial charge in [-0.05, 0) is 47.4 Å². The minimum atomic E-state index is -1.13. The third kappa shape index (κ3) is 2.68. The summed E-state index contributed by atoms with van der Waals surface area (Å²) in [6.07, 6.45) is 3.33. The van der Waals surface area contributed by atoms with Gasteiger partial charge in [-0.2, -0.15) is 0 Å². The van der Waals surface area contributed by atoms with Crippen LogP contribution in [0.3, 0.4) is 0 Å². The number of rotatable bonds is 3.